The van der Waals surface area contributed by atoms with Gasteiger partial charge in [0.2, 0.25) is 0 Å². The van der Waals surface area contributed by atoms with Crippen LogP contribution in [0.25, 0.3) is 6.08 Å². The molecule has 0 saturated carbocycles. The fraction of sp³-hybridized carbons (Fsp3) is 0.139. The zero-order valence-electron chi connectivity index (χ0n) is 25.6. The van der Waals surface area contributed by atoms with Gasteiger partial charge in [-0.3, -0.25) is 14.2 Å². The molecule has 1 aliphatic heterocycles. The Bertz CT molecular complexity index is 2180. The molecule has 1 atom stereocenters. The molecule has 0 spiro atoms. The van der Waals surface area contributed by atoms with E-state index in [4.69, 9.17) is 30.8 Å². The lowest BCUT2D eigenvalue weighted by Gasteiger charge is -2.25. The summed E-state index contributed by atoms with van der Waals surface area (Å²) in [5, 5.41) is 3.62. The van der Waals surface area contributed by atoms with Crippen molar-refractivity contribution in [3.8, 4) is 17.2 Å². The second-order valence-corrected chi connectivity index (χ2v) is 12.9. The summed E-state index contributed by atoms with van der Waals surface area (Å²) in [5.74, 6) is 1.29. The summed E-state index contributed by atoms with van der Waals surface area (Å²) < 4.78 is 19.9. The van der Waals surface area contributed by atoms with E-state index in [-0.39, 0.29) is 11.5 Å². The van der Waals surface area contributed by atoms with Gasteiger partial charge in [-0.05, 0) is 94.2 Å². The molecule has 6 rings (SSSR count). The Kier molecular flexibility index (Phi) is 9.63. The summed E-state index contributed by atoms with van der Waals surface area (Å²) in [6.07, 6.45) is 1.78. The first kappa shape index (κ1) is 32.3. The van der Waals surface area contributed by atoms with E-state index in [1.807, 2.05) is 91.0 Å². The van der Waals surface area contributed by atoms with Crippen molar-refractivity contribution in [3.63, 3.8) is 0 Å². The van der Waals surface area contributed by atoms with Gasteiger partial charge in [-0.15, -0.1) is 0 Å². The van der Waals surface area contributed by atoms with Gasteiger partial charge in [0.15, 0.2) is 16.3 Å². The zero-order valence-corrected chi connectivity index (χ0v) is 28.8. The molecule has 0 saturated heterocycles. The number of amides is 1. The molecule has 0 aliphatic carbocycles. The van der Waals surface area contributed by atoms with Crippen molar-refractivity contribution in [2.75, 3.05) is 19.5 Å². The van der Waals surface area contributed by atoms with Crippen LogP contribution in [0.15, 0.2) is 117 Å². The highest BCUT2D eigenvalue weighted by atomic mass is 79.9. The minimum absolute atomic E-state index is 0.280. The van der Waals surface area contributed by atoms with Crippen LogP contribution in [-0.2, 0) is 11.4 Å². The number of fused-ring (bicyclic) bond motifs is 1. The molecule has 11 heteroatoms. The molecule has 0 bridgehead atoms. The van der Waals surface area contributed by atoms with Crippen molar-refractivity contribution in [2.24, 2.45) is 4.99 Å². The molecule has 1 aromatic heterocycles. The molecule has 1 amide bonds. The topological polar surface area (TPSA) is 91.2 Å². The molecule has 5 aromatic rings. The van der Waals surface area contributed by atoms with Crippen LogP contribution >= 0.6 is 38.9 Å². The van der Waals surface area contributed by atoms with Crippen LogP contribution in [0.5, 0.6) is 17.2 Å². The lowest BCUT2D eigenvalue weighted by Crippen LogP contribution is -2.40. The molecule has 0 fully saturated rings. The summed E-state index contributed by atoms with van der Waals surface area (Å²) in [7, 11) is 3.14. The van der Waals surface area contributed by atoms with Crippen LogP contribution in [0, 0.1) is 0 Å². The van der Waals surface area contributed by atoms with Gasteiger partial charge in [-0.1, -0.05) is 65.4 Å². The van der Waals surface area contributed by atoms with E-state index in [1.54, 1.807) is 31.8 Å². The maximum atomic E-state index is 14.2. The number of carbonyl (C=O) groups is 1. The SMILES string of the molecule is COc1cccc([C@@H]2C(C(=O)Nc3ccccc3)=C(C)N=c3s/c(=C\c4cc(Br)c(OCc5ccc(Cl)cc5)c(OC)c4)c(=O)n32)c1. The molecule has 1 N–H and O–H groups in total. The average molecular weight is 731 g/mol. The molecule has 1 aliphatic rings. The highest BCUT2D eigenvalue weighted by Crippen LogP contribution is 2.38. The zero-order chi connectivity index (χ0) is 33.1. The summed E-state index contributed by atoms with van der Waals surface area (Å²) in [6, 6.07) is 26.9. The van der Waals surface area contributed by atoms with Crippen molar-refractivity contribution >= 4 is 56.5 Å². The summed E-state index contributed by atoms with van der Waals surface area (Å²) in [4.78, 5) is 33.2. The minimum atomic E-state index is -0.739. The lowest BCUT2D eigenvalue weighted by atomic mass is 9.95. The van der Waals surface area contributed by atoms with Gasteiger partial charge in [-0.25, -0.2) is 4.99 Å². The monoisotopic (exact) mass is 729 g/mol. The van der Waals surface area contributed by atoms with Crippen molar-refractivity contribution in [1.29, 1.82) is 0 Å². The predicted octanol–water partition coefficient (Wildman–Crippen LogP) is 6.89. The first-order valence-electron chi connectivity index (χ1n) is 14.5. The number of aromatic nitrogens is 1. The van der Waals surface area contributed by atoms with E-state index < -0.39 is 6.04 Å². The standard InChI is InChI=1S/C36H29BrClN3O5S/c1-21-31(34(42)40-26-9-5-4-6-10-26)32(24-8-7-11-27(19-24)44-2)41-35(43)30(47-36(41)39-21)18-23-16-28(37)33(29(17-23)45-3)46-20-22-12-14-25(38)15-13-22/h4-19,32H,20H2,1-3H3,(H,40,42)/b30-18-/t32-/m1/s1. The number of ether oxygens (including phenoxy) is 3. The summed E-state index contributed by atoms with van der Waals surface area (Å²) >= 11 is 10.9. The molecule has 0 unspecified atom stereocenters. The van der Waals surface area contributed by atoms with Gasteiger partial charge in [-0.2, -0.15) is 0 Å². The number of anilines is 1. The third-order valence-electron chi connectivity index (χ3n) is 7.55. The molecular weight excluding hydrogens is 702 g/mol. The van der Waals surface area contributed by atoms with Crippen molar-refractivity contribution in [2.45, 2.75) is 19.6 Å². The third-order valence-corrected chi connectivity index (χ3v) is 9.38. The molecule has 4 aromatic carbocycles. The van der Waals surface area contributed by atoms with Crippen molar-refractivity contribution in [3.05, 3.63) is 148 Å². The molecule has 238 valence electrons. The molecule has 0 radical (unpaired) electrons. The number of hydrogen-bond acceptors (Lipinski definition) is 7. The van der Waals surface area contributed by atoms with Crippen LogP contribution in [0.3, 0.4) is 0 Å². The Balaban J connectivity index is 1.41. The first-order valence-corrected chi connectivity index (χ1v) is 16.5. The van der Waals surface area contributed by atoms with Crippen LogP contribution in [0.2, 0.25) is 5.02 Å². The number of para-hydroxylation sites is 1. The van der Waals surface area contributed by atoms with Crippen molar-refractivity contribution < 1.29 is 19.0 Å². The van der Waals surface area contributed by atoms with Crippen LogP contribution < -0.4 is 34.4 Å². The number of hydrogen-bond donors (Lipinski definition) is 1. The lowest BCUT2D eigenvalue weighted by molar-refractivity contribution is -0.113. The smallest absolute Gasteiger partial charge is 0.271 e. The Morgan fingerprint density at radius 1 is 1.02 bits per heavy atom. The van der Waals surface area contributed by atoms with E-state index in [0.29, 0.717) is 65.2 Å². The van der Waals surface area contributed by atoms with Crippen LogP contribution in [0.1, 0.15) is 29.7 Å². The number of carbonyl (C=O) groups excluding carboxylic acids is 1. The molecule has 8 nitrogen and oxygen atoms in total. The highest BCUT2D eigenvalue weighted by molar-refractivity contribution is 9.10. The second-order valence-electron chi connectivity index (χ2n) is 10.6. The summed E-state index contributed by atoms with van der Waals surface area (Å²) in [6.45, 7) is 2.10. The van der Waals surface area contributed by atoms with Gasteiger partial charge in [0.25, 0.3) is 11.5 Å². The van der Waals surface area contributed by atoms with Crippen molar-refractivity contribution in [1.82, 2.24) is 4.57 Å². The number of nitrogens with zero attached hydrogens (tertiary/aromatic N) is 2. The number of benzene rings is 4. The Labute approximate surface area is 288 Å². The quantitative estimate of drug-likeness (QED) is 0.179. The fourth-order valence-electron chi connectivity index (χ4n) is 5.31. The van der Waals surface area contributed by atoms with Crippen LogP contribution in [0.4, 0.5) is 5.69 Å². The molecule has 47 heavy (non-hydrogen) atoms. The van der Waals surface area contributed by atoms with E-state index >= 15 is 0 Å². The normalized spacial score (nSPS) is 14.3. The number of nitrogens with one attached hydrogen (secondary N) is 1. The van der Waals surface area contributed by atoms with Gasteiger partial charge >= 0.3 is 0 Å². The Morgan fingerprint density at radius 3 is 2.51 bits per heavy atom. The maximum Gasteiger partial charge on any atom is 0.271 e. The second kappa shape index (κ2) is 14.0. The maximum absolute atomic E-state index is 14.2. The highest BCUT2D eigenvalue weighted by Gasteiger charge is 2.33. The minimum Gasteiger partial charge on any atom is -0.497 e. The fourth-order valence-corrected chi connectivity index (χ4v) is 7.06. The molecule has 2 heterocycles. The predicted molar refractivity (Wildman–Crippen MR) is 188 cm³/mol. The van der Waals surface area contributed by atoms with Gasteiger partial charge in [0, 0.05) is 10.7 Å². The number of allylic oxidation sites excluding steroid dienone is 1. The number of methoxy groups -OCH3 is 2. The average Bonchev–Trinajstić information content (AvgIpc) is 3.37. The van der Waals surface area contributed by atoms with Gasteiger partial charge in [0.1, 0.15) is 12.4 Å². The Morgan fingerprint density at radius 2 is 1.79 bits per heavy atom. The van der Waals surface area contributed by atoms with E-state index in [0.717, 1.165) is 11.1 Å². The van der Waals surface area contributed by atoms with E-state index in [9.17, 15) is 9.59 Å². The van der Waals surface area contributed by atoms with Gasteiger partial charge in [0.05, 0.1) is 40.5 Å². The third kappa shape index (κ3) is 6.90. The molecular formula is C36H29BrClN3O5S. The largest absolute Gasteiger partial charge is 0.497 e. The van der Waals surface area contributed by atoms with Crippen LogP contribution in [-0.4, -0.2) is 24.7 Å². The van der Waals surface area contributed by atoms with E-state index in [2.05, 4.69) is 21.2 Å². The number of thiazole rings is 1. The van der Waals surface area contributed by atoms with E-state index in [1.165, 1.54) is 11.3 Å². The number of halogens is 2. The number of rotatable bonds is 9. The van der Waals surface area contributed by atoms with Gasteiger partial charge < -0.3 is 19.5 Å². The summed E-state index contributed by atoms with van der Waals surface area (Å²) in [5.41, 5.74) is 3.63. The Hall–Kier alpha value is -4.64. The first-order chi connectivity index (χ1) is 22.7.